The van der Waals surface area contributed by atoms with Crippen LogP contribution < -0.4 is 5.32 Å². The van der Waals surface area contributed by atoms with Gasteiger partial charge in [-0.15, -0.1) is 6.42 Å². The lowest BCUT2D eigenvalue weighted by Crippen LogP contribution is -2.27. The number of rotatable bonds is 1. The van der Waals surface area contributed by atoms with E-state index < -0.39 is 17.5 Å². The molecule has 0 fully saturated rings. The summed E-state index contributed by atoms with van der Waals surface area (Å²) in [5.74, 6) is 1.71. The number of anilines is 1. The lowest BCUT2D eigenvalue weighted by molar-refractivity contribution is 0.0635. The van der Waals surface area contributed by atoms with Crippen molar-refractivity contribution < 1.29 is 13.9 Å². The highest BCUT2D eigenvalue weighted by Gasteiger charge is 2.17. The van der Waals surface area contributed by atoms with Gasteiger partial charge < -0.3 is 4.74 Å². The number of hydrogen-bond donors (Lipinski definition) is 1. The van der Waals surface area contributed by atoms with Gasteiger partial charge >= 0.3 is 6.09 Å². The quantitative estimate of drug-likeness (QED) is 0.759. The summed E-state index contributed by atoms with van der Waals surface area (Å²) in [4.78, 5) is 11.4. The Kier molecular flexibility index (Phi) is 3.74. The Morgan fingerprint density at radius 1 is 1.47 bits per heavy atom. The molecule has 0 aliphatic rings. The highest BCUT2D eigenvalue weighted by Crippen LogP contribution is 2.16. The molecule has 0 saturated heterocycles. The van der Waals surface area contributed by atoms with Gasteiger partial charge in [0, 0.05) is 5.56 Å². The smallest absolute Gasteiger partial charge is 0.412 e. The van der Waals surface area contributed by atoms with E-state index in [0.29, 0.717) is 5.56 Å². The van der Waals surface area contributed by atoms with Gasteiger partial charge in [0.2, 0.25) is 0 Å². The van der Waals surface area contributed by atoms with Crippen molar-refractivity contribution in [1.29, 1.82) is 0 Å². The summed E-state index contributed by atoms with van der Waals surface area (Å²) in [6.45, 7) is 5.18. The largest absolute Gasteiger partial charge is 0.444 e. The maximum Gasteiger partial charge on any atom is 0.412 e. The van der Waals surface area contributed by atoms with E-state index in [1.54, 1.807) is 20.8 Å². The molecule has 0 aliphatic heterocycles. The van der Waals surface area contributed by atoms with Crippen LogP contribution in [0.2, 0.25) is 0 Å². The van der Waals surface area contributed by atoms with E-state index in [4.69, 9.17) is 11.2 Å². The molecular weight excluding hydrogens is 221 g/mol. The van der Waals surface area contributed by atoms with Gasteiger partial charge in [-0.25, -0.2) is 9.18 Å². The fourth-order valence-corrected chi connectivity index (χ4v) is 1.12. The molecular formula is C13H14FNO2. The first-order valence-electron chi connectivity index (χ1n) is 5.08. The van der Waals surface area contributed by atoms with E-state index in [2.05, 4.69) is 11.2 Å². The topological polar surface area (TPSA) is 38.3 Å². The van der Waals surface area contributed by atoms with Crippen molar-refractivity contribution in [3.8, 4) is 12.3 Å². The van der Waals surface area contributed by atoms with E-state index in [9.17, 15) is 9.18 Å². The summed E-state index contributed by atoms with van der Waals surface area (Å²) in [5, 5.41) is 2.31. The molecule has 0 aliphatic carbocycles. The molecule has 0 spiro atoms. The van der Waals surface area contributed by atoms with Crippen LogP contribution in [0.15, 0.2) is 18.2 Å². The molecule has 1 amide bonds. The van der Waals surface area contributed by atoms with Gasteiger partial charge in [-0.3, -0.25) is 5.32 Å². The third-order valence-electron chi connectivity index (χ3n) is 1.77. The van der Waals surface area contributed by atoms with Crippen LogP contribution in [0.5, 0.6) is 0 Å². The highest BCUT2D eigenvalue weighted by molar-refractivity contribution is 5.85. The average molecular weight is 235 g/mol. The zero-order chi connectivity index (χ0) is 13.1. The SMILES string of the molecule is C#Cc1ccc(NC(=O)OC(C)(C)C)c(F)c1. The van der Waals surface area contributed by atoms with Crippen molar-refractivity contribution in [2.24, 2.45) is 0 Å². The van der Waals surface area contributed by atoms with Crippen molar-refractivity contribution in [2.75, 3.05) is 5.32 Å². The number of carbonyl (C=O) groups is 1. The number of amides is 1. The van der Waals surface area contributed by atoms with Crippen LogP contribution in [-0.4, -0.2) is 11.7 Å². The Morgan fingerprint density at radius 2 is 2.12 bits per heavy atom. The van der Waals surface area contributed by atoms with Crippen molar-refractivity contribution >= 4 is 11.8 Å². The molecule has 90 valence electrons. The number of halogens is 1. The predicted octanol–water partition coefficient (Wildman–Crippen LogP) is 3.15. The normalized spacial score (nSPS) is 10.5. The number of benzene rings is 1. The van der Waals surface area contributed by atoms with Gasteiger partial charge in [0.25, 0.3) is 0 Å². The predicted molar refractivity (Wildman–Crippen MR) is 64.2 cm³/mol. The van der Waals surface area contributed by atoms with Crippen LogP contribution in [0.4, 0.5) is 14.9 Å². The molecule has 3 nitrogen and oxygen atoms in total. The van der Waals surface area contributed by atoms with Crippen molar-refractivity contribution in [3.05, 3.63) is 29.6 Å². The van der Waals surface area contributed by atoms with Gasteiger partial charge in [0.05, 0.1) is 5.69 Å². The first kappa shape index (κ1) is 13.0. The summed E-state index contributed by atoms with van der Waals surface area (Å²) >= 11 is 0. The van der Waals surface area contributed by atoms with Gasteiger partial charge in [-0.05, 0) is 39.0 Å². The van der Waals surface area contributed by atoms with Crippen molar-refractivity contribution in [1.82, 2.24) is 0 Å². The summed E-state index contributed by atoms with van der Waals surface area (Å²) in [5.41, 5.74) is -0.172. The summed E-state index contributed by atoms with van der Waals surface area (Å²) < 4.78 is 18.5. The summed E-state index contributed by atoms with van der Waals surface area (Å²) in [6, 6.07) is 4.11. The molecule has 0 aromatic heterocycles. The Balaban J connectivity index is 2.76. The molecule has 1 rings (SSSR count). The van der Waals surface area contributed by atoms with Gasteiger partial charge in [0.1, 0.15) is 11.4 Å². The van der Waals surface area contributed by atoms with Crippen LogP contribution in [0, 0.1) is 18.2 Å². The molecule has 1 N–H and O–H groups in total. The van der Waals surface area contributed by atoms with E-state index in [1.807, 2.05) is 0 Å². The Labute approximate surface area is 100.0 Å². The second-order valence-corrected chi connectivity index (χ2v) is 4.47. The minimum Gasteiger partial charge on any atom is -0.444 e. The zero-order valence-corrected chi connectivity index (χ0v) is 10.0. The maximum absolute atomic E-state index is 13.5. The molecule has 0 unspecified atom stereocenters. The number of hydrogen-bond acceptors (Lipinski definition) is 2. The first-order valence-corrected chi connectivity index (χ1v) is 5.08. The average Bonchev–Trinajstić information content (AvgIpc) is 2.18. The summed E-state index contributed by atoms with van der Waals surface area (Å²) in [6.07, 6.45) is 4.42. The standard InChI is InChI=1S/C13H14FNO2/c1-5-9-6-7-11(10(14)8-9)15-12(16)17-13(2,3)4/h1,6-8H,2-4H3,(H,15,16). The Bertz CT molecular complexity index is 469. The molecule has 0 radical (unpaired) electrons. The monoisotopic (exact) mass is 235 g/mol. The number of terminal acetylenes is 1. The molecule has 17 heavy (non-hydrogen) atoms. The first-order chi connectivity index (χ1) is 7.81. The lowest BCUT2D eigenvalue weighted by Gasteiger charge is -2.19. The molecule has 4 heteroatoms. The molecule has 0 atom stereocenters. The fourth-order valence-electron chi connectivity index (χ4n) is 1.12. The zero-order valence-electron chi connectivity index (χ0n) is 10.0. The van der Waals surface area contributed by atoms with E-state index >= 15 is 0 Å². The summed E-state index contributed by atoms with van der Waals surface area (Å²) in [7, 11) is 0. The van der Waals surface area contributed by atoms with Gasteiger partial charge in [-0.2, -0.15) is 0 Å². The second kappa shape index (κ2) is 4.88. The highest BCUT2D eigenvalue weighted by atomic mass is 19.1. The van der Waals surface area contributed by atoms with Crippen LogP contribution >= 0.6 is 0 Å². The van der Waals surface area contributed by atoms with Crippen molar-refractivity contribution in [2.45, 2.75) is 26.4 Å². The third-order valence-corrected chi connectivity index (χ3v) is 1.77. The van der Waals surface area contributed by atoms with Crippen LogP contribution in [0.25, 0.3) is 0 Å². The van der Waals surface area contributed by atoms with E-state index in [1.165, 1.54) is 18.2 Å². The second-order valence-electron chi connectivity index (χ2n) is 4.47. The molecule has 0 heterocycles. The molecule has 1 aromatic rings. The number of ether oxygens (including phenoxy) is 1. The number of nitrogens with one attached hydrogen (secondary N) is 1. The Morgan fingerprint density at radius 3 is 2.59 bits per heavy atom. The van der Waals surface area contributed by atoms with Gasteiger partial charge in [-0.1, -0.05) is 5.92 Å². The van der Waals surface area contributed by atoms with E-state index in [0.717, 1.165) is 0 Å². The van der Waals surface area contributed by atoms with Crippen molar-refractivity contribution in [3.63, 3.8) is 0 Å². The fraction of sp³-hybridized carbons (Fsp3) is 0.308. The van der Waals surface area contributed by atoms with Crippen LogP contribution in [0.3, 0.4) is 0 Å². The Hall–Kier alpha value is -2.02. The third kappa shape index (κ3) is 4.15. The molecule has 0 bridgehead atoms. The lowest BCUT2D eigenvalue weighted by atomic mass is 10.2. The van der Waals surface area contributed by atoms with Crippen LogP contribution in [-0.2, 0) is 4.74 Å². The van der Waals surface area contributed by atoms with E-state index in [-0.39, 0.29) is 5.69 Å². The number of carbonyl (C=O) groups excluding carboxylic acids is 1. The molecule has 0 saturated carbocycles. The minimum atomic E-state index is -0.704. The molecule has 1 aromatic carbocycles. The van der Waals surface area contributed by atoms with Crippen LogP contribution in [0.1, 0.15) is 26.3 Å². The maximum atomic E-state index is 13.5. The minimum absolute atomic E-state index is 0.0400. The van der Waals surface area contributed by atoms with Gasteiger partial charge in [0.15, 0.2) is 0 Å².